The smallest absolute Gasteiger partial charge is 0.0322 e. The molecule has 0 heterocycles. The first-order chi connectivity index (χ1) is 8.06. The molecule has 2 aromatic carbocycles. The summed E-state index contributed by atoms with van der Waals surface area (Å²) in [6.07, 6.45) is 0. The van der Waals surface area contributed by atoms with Gasteiger partial charge in [0.05, 0.1) is 0 Å². The van der Waals surface area contributed by atoms with Crippen molar-refractivity contribution in [3.05, 3.63) is 53.6 Å². The van der Waals surface area contributed by atoms with Crippen LogP contribution in [0, 0.1) is 6.92 Å². The molecule has 2 aromatic rings. The Kier molecular flexibility index (Phi) is 3.19. The van der Waals surface area contributed by atoms with Gasteiger partial charge in [0.15, 0.2) is 0 Å². The second-order valence-electron chi connectivity index (χ2n) is 4.91. The van der Waals surface area contributed by atoms with Gasteiger partial charge < -0.3 is 5.73 Å². The largest absolute Gasteiger partial charge is 0.399 e. The quantitative estimate of drug-likeness (QED) is 0.755. The van der Waals surface area contributed by atoms with Crippen LogP contribution in [0.1, 0.15) is 30.9 Å². The number of aryl methyl sites for hydroxylation is 1. The summed E-state index contributed by atoms with van der Waals surface area (Å²) in [5.41, 5.74) is 11.7. The van der Waals surface area contributed by atoms with E-state index >= 15 is 0 Å². The third-order valence-corrected chi connectivity index (χ3v) is 2.99. The van der Waals surface area contributed by atoms with Crippen LogP contribution in [0.5, 0.6) is 0 Å². The van der Waals surface area contributed by atoms with Crippen LogP contribution >= 0.6 is 0 Å². The lowest BCUT2D eigenvalue weighted by Gasteiger charge is -2.09. The number of hydrogen-bond donors (Lipinski definition) is 1. The lowest BCUT2D eigenvalue weighted by atomic mass is 9.96. The molecule has 0 spiro atoms. The first-order valence-corrected chi connectivity index (χ1v) is 6.04. The molecule has 0 aliphatic rings. The van der Waals surface area contributed by atoms with Gasteiger partial charge in [-0.3, -0.25) is 0 Å². The van der Waals surface area contributed by atoms with Gasteiger partial charge >= 0.3 is 0 Å². The fraction of sp³-hybridized carbons (Fsp3) is 0.250. The fourth-order valence-electron chi connectivity index (χ4n) is 2.06. The van der Waals surface area contributed by atoms with Crippen LogP contribution < -0.4 is 5.73 Å². The van der Waals surface area contributed by atoms with Crippen molar-refractivity contribution in [1.29, 1.82) is 0 Å². The molecule has 0 radical (unpaired) electrons. The third-order valence-electron chi connectivity index (χ3n) is 2.99. The highest BCUT2D eigenvalue weighted by Crippen LogP contribution is 2.26. The zero-order valence-electron chi connectivity index (χ0n) is 10.7. The van der Waals surface area contributed by atoms with E-state index in [0.29, 0.717) is 5.92 Å². The maximum absolute atomic E-state index is 5.89. The molecule has 1 heteroatoms. The van der Waals surface area contributed by atoms with E-state index in [2.05, 4.69) is 51.1 Å². The molecular weight excluding hydrogens is 206 g/mol. The third kappa shape index (κ3) is 2.68. The molecule has 0 bridgehead atoms. The minimum Gasteiger partial charge on any atom is -0.399 e. The van der Waals surface area contributed by atoms with Gasteiger partial charge in [-0.2, -0.15) is 0 Å². The van der Waals surface area contributed by atoms with Gasteiger partial charge in [0, 0.05) is 5.69 Å². The molecule has 0 unspecified atom stereocenters. The molecule has 0 aromatic heterocycles. The van der Waals surface area contributed by atoms with E-state index in [4.69, 9.17) is 5.73 Å². The van der Waals surface area contributed by atoms with Crippen LogP contribution in [0.4, 0.5) is 5.69 Å². The highest BCUT2D eigenvalue weighted by atomic mass is 14.5. The van der Waals surface area contributed by atoms with E-state index in [9.17, 15) is 0 Å². The predicted octanol–water partition coefficient (Wildman–Crippen LogP) is 4.37. The van der Waals surface area contributed by atoms with Gasteiger partial charge in [-0.15, -0.1) is 0 Å². The van der Waals surface area contributed by atoms with E-state index in [1.54, 1.807) is 0 Å². The zero-order chi connectivity index (χ0) is 12.4. The van der Waals surface area contributed by atoms with Crippen LogP contribution in [-0.2, 0) is 0 Å². The number of rotatable bonds is 2. The molecule has 2 N–H and O–H groups in total. The Hall–Kier alpha value is -1.76. The monoisotopic (exact) mass is 225 g/mol. The Morgan fingerprint density at radius 1 is 0.941 bits per heavy atom. The minimum absolute atomic E-state index is 0.553. The van der Waals surface area contributed by atoms with Crippen molar-refractivity contribution < 1.29 is 0 Å². The highest BCUT2D eigenvalue weighted by molar-refractivity contribution is 5.69. The standard InChI is InChI=1S/C16H19N/c1-11(2)13-5-4-6-14(9-13)15-7-12(3)8-16(17)10-15/h4-11H,17H2,1-3H3. The molecule has 0 aliphatic heterocycles. The van der Waals surface area contributed by atoms with E-state index in [1.165, 1.54) is 22.3 Å². The van der Waals surface area contributed by atoms with Gasteiger partial charge in [0.1, 0.15) is 0 Å². The van der Waals surface area contributed by atoms with Crippen LogP contribution in [0.3, 0.4) is 0 Å². The second kappa shape index (κ2) is 4.62. The molecule has 1 nitrogen and oxygen atoms in total. The summed E-state index contributed by atoms with van der Waals surface area (Å²) in [6, 6.07) is 14.9. The molecule has 0 aliphatic carbocycles. The lowest BCUT2D eigenvalue weighted by Crippen LogP contribution is -1.90. The highest BCUT2D eigenvalue weighted by Gasteiger charge is 2.03. The van der Waals surface area contributed by atoms with Gasteiger partial charge in [-0.05, 0) is 47.2 Å². The Morgan fingerprint density at radius 2 is 1.71 bits per heavy atom. The Balaban J connectivity index is 2.49. The Morgan fingerprint density at radius 3 is 2.35 bits per heavy atom. The van der Waals surface area contributed by atoms with E-state index in [-0.39, 0.29) is 0 Å². The summed E-state index contributed by atoms with van der Waals surface area (Å²) in [5.74, 6) is 0.553. The van der Waals surface area contributed by atoms with Gasteiger partial charge in [0.25, 0.3) is 0 Å². The topological polar surface area (TPSA) is 26.0 Å². The summed E-state index contributed by atoms with van der Waals surface area (Å²) in [5, 5.41) is 0. The average molecular weight is 225 g/mol. The Bertz CT molecular complexity index is 507. The normalized spacial score (nSPS) is 10.8. The maximum atomic E-state index is 5.89. The van der Waals surface area contributed by atoms with Crippen molar-refractivity contribution >= 4 is 5.69 Å². The van der Waals surface area contributed by atoms with Crippen molar-refractivity contribution in [3.8, 4) is 11.1 Å². The number of benzene rings is 2. The van der Waals surface area contributed by atoms with Crippen LogP contribution in [0.15, 0.2) is 42.5 Å². The summed E-state index contributed by atoms with van der Waals surface area (Å²) >= 11 is 0. The van der Waals surface area contributed by atoms with Crippen LogP contribution in [-0.4, -0.2) is 0 Å². The number of nitrogen functional groups attached to an aromatic ring is 1. The fourth-order valence-corrected chi connectivity index (χ4v) is 2.06. The first-order valence-electron chi connectivity index (χ1n) is 6.04. The molecule has 0 saturated carbocycles. The molecular formula is C16H19N. The molecule has 0 fully saturated rings. The van der Waals surface area contributed by atoms with Gasteiger partial charge in [0.2, 0.25) is 0 Å². The SMILES string of the molecule is Cc1cc(N)cc(-c2cccc(C(C)C)c2)c1. The molecule has 2 rings (SSSR count). The number of hydrogen-bond acceptors (Lipinski definition) is 1. The lowest BCUT2D eigenvalue weighted by molar-refractivity contribution is 0.867. The average Bonchev–Trinajstić information content (AvgIpc) is 2.28. The van der Waals surface area contributed by atoms with Gasteiger partial charge in [-0.1, -0.05) is 44.2 Å². The van der Waals surface area contributed by atoms with Crippen molar-refractivity contribution in [2.75, 3.05) is 5.73 Å². The van der Waals surface area contributed by atoms with Crippen molar-refractivity contribution in [3.63, 3.8) is 0 Å². The first kappa shape index (κ1) is 11.7. The molecule has 88 valence electrons. The summed E-state index contributed by atoms with van der Waals surface area (Å²) in [7, 11) is 0. The van der Waals surface area contributed by atoms with Crippen molar-refractivity contribution in [2.24, 2.45) is 0 Å². The van der Waals surface area contributed by atoms with Crippen molar-refractivity contribution in [2.45, 2.75) is 26.7 Å². The van der Waals surface area contributed by atoms with Crippen LogP contribution in [0.25, 0.3) is 11.1 Å². The second-order valence-corrected chi connectivity index (χ2v) is 4.91. The molecule has 0 saturated heterocycles. The summed E-state index contributed by atoms with van der Waals surface area (Å²) in [6.45, 7) is 6.50. The Labute approximate surface area is 103 Å². The van der Waals surface area contributed by atoms with E-state index in [1.807, 2.05) is 12.1 Å². The number of nitrogens with two attached hydrogens (primary N) is 1. The maximum Gasteiger partial charge on any atom is 0.0322 e. The number of anilines is 1. The van der Waals surface area contributed by atoms with Crippen LogP contribution in [0.2, 0.25) is 0 Å². The molecule has 17 heavy (non-hydrogen) atoms. The van der Waals surface area contributed by atoms with E-state index < -0.39 is 0 Å². The summed E-state index contributed by atoms with van der Waals surface area (Å²) in [4.78, 5) is 0. The molecule has 0 amide bonds. The zero-order valence-corrected chi connectivity index (χ0v) is 10.7. The predicted molar refractivity (Wildman–Crippen MR) is 75.1 cm³/mol. The minimum atomic E-state index is 0.553. The summed E-state index contributed by atoms with van der Waals surface area (Å²) < 4.78 is 0. The van der Waals surface area contributed by atoms with E-state index in [0.717, 1.165) is 5.69 Å². The van der Waals surface area contributed by atoms with Gasteiger partial charge in [-0.25, -0.2) is 0 Å². The molecule has 0 atom stereocenters. The van der Waals surface area contributed by atoms with Crippen molar-refractivity contribution in [1.82, 2.24) is 0 Å².